The third-order valence-electron chi connectivity index (χ3n) is 9.76. The number of aliphatic hydroxyl groups is 3. The average molecular weight is 573 g/mol. The minimum absolute atomic E-state index is 0.104. The van der Waals surface area contributed by atoms with Crippen molar-refractivity contribution in [2.45, 2.75) is 89.2 Å². The van der Waals surface area contributed by atoms with E-state index in [9.17, 15) is 34.5 Å². The van der Waals surface area contributed by atoms with Gasteiger partial charge < -0.3 is 34.3 Å². The molecule has 10 atom stereocenters. The lowest BCUT2D eigenvalue weighted by Crippen LogP contribution is -2.81. The molecule has 3 N–H and O–H groups in total. The van der Waals surface area contributed by atoms with Crippen LogP contribution in [0.2, 0.25) is 0 Å². The van der Waals surface area contributed by atoms with E-state index in [2.05, 4.69) is 0 Å². The molecule has 1 aromatic rings. The van der Waals surface area contributed by atoms with Gasteiger partial charge in [-0.15, -0.1) is 0 Å². The number of ketones is 1. The fraction of sp³-hybridized carbons (Fsp3) is 0.600. The van der Waals surface area contributed by atoms with Crippen molar-refractivity contribution in [2.75, 3.05) is 6.61 Å². The highest BCUT2D eigenvalue weighted by Gasteiger charge is 2.76. The van der Waals surface area contributed by atoms with E-state index in [1.807, 2.05) is 0 Å². The Morgan fingerprint density at radius 1 is 1.05 bits per heavy atom. The largest absolute Gasteiger partial charge is 0.455 e. The smallest absolute Gasteiger partial charge is 0.338 e. The summed E-state index contributed by atoms with van der Waals surface area (Å²) >= 11 is 0. The molecule has 0 spiro atoms. The molecular formula is C30H36O11. The van der Waals surface area contributed by atoms with E-state index in [0.29, 0.717) is 5.57 Å². The van der Waals surface area contributed by atoms with Crippen molar-refractivity contribution in [3.8, 4) is 0 Å². The first-order valence-electron chi connectivity index (χ1n) is 13.8. The first-order chi connectivity index (χ1) is 19.2. The fourth-order valence-corrected chi connectivity index (χ4v) is 7.56. The van der Waals surface area contributed by atoms with E-state index in [1.54, 1.807) is 32.0 Å². The Bertz CT molecular complexity index is 1310. The molecule has 0 aromatic heterocycles. The lowest BCUT2D eigenvalue weighted by molar-refractivity contribution is -0.343. The molecule has 2 saturated carbocycles. The van der Waals surface area contributed by atoms with E-state index in [0.717, 1.165) is 6.92 Å². The molecule has 222 valence electrons. The molecule has 5 rings (SSSR count). The van der Waals surface area contributed by atoms with Crippen LogP contribution in [-0.2, 0) is 33.3 Å². The summed E-state index contributed by atoms with van der Waals surface area (Å²) in [5.74, 6) is -5.33. The number of rotatable bonds is 4. The van der Waals surface area contributed by atoms with Crippen molar-refractivity contribution < 1.29 is 53.4 Å². The lowest BCUT2D eigenvalue weighted by Gasteiger charge is -2.66. The van der Waals surface area contributed by atoms with Crippen LogP contribution in [0, 0.1) is 17.3 Å². The predicted molar refractivity (Wildman–Crippen MR) is 140 cm³/mol. The summed E-state index contributed by atoms with van der Waals surface area (Å²) in [6.07, 6.45) is -7.13. The van der Waals surface area contributed by atoms with Crippen LogP contribution < -0.4 is 0 Å². The van der Waals surface area contributed by atoms with Crippen LogP contribution in [0.1, 0.15) is 57.8 Å². The maximum Gasteiger partial charge on any atom is 0.338 e. The van der Waals surface area contributed by atoms with Crippen molar-refractivity contribution in [2.24, 2.45) is 17.3 Å². The number of carbonyl (C=O) groups is 4. The second kappa shape index (κ2) is 10.0. The molecule has 2 bridgehead atoms. The topological polar surface area (TPSA) is 166 Å². The Balaban J connectivity index is 1.80. The van der Waals surface area contributed by atoms with Crippen molar-refractivity contribution in [1.29, 1.82) is 0 Å². The van der Waals surface area contributed by atoms with Gasteiger partial charge >= 0.3 is 17.9 Å². The Kier molecular flexibility index (Phi) is 7.17. The summed E-state index contributed by atoms with van der Waals surface area (Å²) in [7, 11) is 0. The number of fused-ring (bicyclic) bond motifs is 5. The average Bonchev–Trinajstić information content (AvgIpc) is 2.90. The zero-order valence-electron chi connectivity index (χ0n) is 23.7. The number of Topliss-reactive ketones (excluding diaryl/α,β-unsaturated/α-hetero) is 1. The zero-order valence-corrected chi connectivity index (χ0v) is 23.7. The summed E-state index contributed by atoms with van der Waals surface area (Å²) in [5, 5.41) is 35.4. The Labute approximate surface area is 237 Å². The summed E-state index contributed by atoms with van der Waals surface area (Å²) in [5.41, 5.74) is -4.81. The first kappa shape index (κ1) is 29.4. The van der Waals surface area contributed by atoms with Crippen molar-refractivity contribution in [3.63, 3.8) is 0 Å². The van der Waals surface area contributed by atoms with E-state index < -0.39 is 82.7 Å². The van der Waals surface area contributed by atoms with E-state index >= 15 is 0 Å². The molecule has 1 aliphatic heterocycles. The maximum atomic E-state index is 14.7. The molecule has 1 unspecified atom stereocenters. The number of benzene rings is 1. The third kappa shape index (κ3) is 4.24. The molecule has 41 heavy (non-hydrogen) atoms. The van der Waals surface area contributed by atoms with E-state index in [1.165, 1.54) is 26.0 Å². The van der Waals surface area contributed by atoms with Gasteiger partial charge in [0.2, 0.25) is 0 Å². The highest BCUT2D eigenvalue weighted by atomic mass is 16.6. The van der Waals surface area contributed by atoms with Gasteiger partial charge in [0.25, 0.3) is 0 Å². The zero-order chi connectivity index (χ0) is 30.1. The van der Waals surface area contributed by atoms with Crippen LogP contribution in [0.25, 0.3) is 0 Å². The number of aliphatic hydroxyl groups excluding tert-OH is 2. The van der Waals surface area contributed by atoms with Gasteiger partial charge in [0.15, 0.2) is 17.5 Å². The van der Waals surface area contributed by atoms with Gasteiger partial charge in [0.05, 0.1) is 35.7 Å². The first-order valence-corrected chi connectivity index (χ1v) is 13.8. The minimum Gasteiger partial charge on any atom is -0.455 e. The maximum absolute atomic E-state index is 14.7. The number of ether oxygens (including phenoxy) is 4. The monoisotopic (exact) mass is 572 g/mol. The Morgan fingerprint density at radius 2 is 1.71 bits per heavy atom. The second-order valence-corrected chi connectivity index (χ2v) is 12.0. The normalized spacial score (nSPS) is 41.6. The Hall–Kier alpha value is -3.12. The quantitative estimate of drug-likeness (QED) is 0.270. The van der Waals surface area contributed by atoms with Gasteiger partial charge in [-0.1, -0.05) is 25.1 Å². The van der Waals surface area contributed by atoms with Crippen molar-refractivity contribution in [1.82, 2.24) is 0 Å². The number of hydrogen-bond donors (Lipinski definition) is 3. The molecule has 11 heteroatoms. The molecule has 0 amide bonds. The molecule has 1 aromatic carbocycles. The SMILES string of the molecule is CC(=O)O[C@H]1C(=O)[C@@]2(C)[C@H]([C@H](OC(=O)c3ccccc3)[C@]3(O)C[C@H](O)C(C)=C1C3C)[C@]1(OC(C)=O)CO[C@@H]1C[C@@H]2O. The van der Waals surface area contributed by atoms with Gasteiger partial charge in [0, 0.05) is 32.6 Å². The van der Waals surface area contributed by atoms with Crippen LogP contribution in [0.3, 0.4) is 0 Å². The molecular weight excluding hydrogens is 536 g/mol. The molecule has 1 heterocycles. The van der Waals surface area contributed by atoms with Crippen LogP contribution in [0.15, 0.2) is 41.5 Å². The van der Waals surface area contributed by atoms with E-state index in [4.69, 9.17) is 18.9 Å². The summed E-state index contributed by atoms with van der Waals surface area (Å²) in [6.45, 7) is 6.77. The van der Waals surface area contributed by atoms with Gasteiger partial charge in [-0.2, -0.15) is 0 Å². The fourth-order valence-electron chi connectivity index (χ4n) is 7.56. The number of esters is 3. The highest BCUT2D eigenvalue weighted by Crippen LogP contribution is 2.61. The summed E-state index contributed by atoms with van der Waals surface area (Å²) < 4.78 is 23.3. The number of hydrogen-bond acceptors (Lipinski definition) is 11. The molecule has 3 aliphatic carbocycles. The summed E-state index contributed by atoms with van der Waals surface area (Å²) in [4.78, 5) is 53.0. The van der Waals surface area contributed by atoms with Crippen LogP contribution in [0.4, 0.5) is 0 Å². The predicted octanol–water partition coefficient (Wildman–Crippen LogP) is 1.26. The molecule has 4 aliphatic rings. The molecule has 0 radical (unpaired) electrons. The molecule has 3 fully saturated rings. The minimum atomic E-state index is -2.05. The molecule has 11 nitrogen and oxygen atoms in total. The van der Waals surface area contributed by atoms with Crippen LogP contribution in [0.5, 0.6) is 0 Å². The van der Waals surface area contributed by atoms with Gasteiger partial charge in [-0.3, -0.25) is 14.4 Å². The van der Waals surface area contributed by atoms with E-state index in [-0.39, 0.29) is 30.6 Å². The van der Waals surface area contributed by atoms with Crippen LogP contribution >= 0.6 is 0 Å². The lowest BCUT2D eigenvalue weighted by atomic mass is 9.47. The Morgan fingerprint density at radius 3 is 2.27 bits per heavy atom. The van der Waals surface area contributed by atoms with Crippen molar-refractivity contribution in [3.05, 3.63) is 47.0 Å². The van der Waals surface area contributed by atoms with Crippen molar-refractivity contribution >= 4 is 23.7 Å². The van der Waals surface area contributed by atoms with Gasteiger partial charge in [0.1, 0.15) is 17.8 Å². The number of carbonyl (C=O) groups excluding carboxylic acids is 4. The second-order valence-electron chi connectivity index (χ2n) is 12.0. The highest BCUT2D eigenvalue weighted by molar-refractivity contribution is 5.95. The van der Waals surface area contributed by atoms with Crippen LogP contribution in [-0.4, -0.2) is 87.3 Å². The summed E-state index contributed by atoms with van der Waals surface area (Å²) in [6, 6.07) is 8.04. The van der Waals surface area contributed by atoms with Gasteiger partial charge in [-0.25, -0.2) is 4.79 Å². The third-order valence-corrected chi connectivity index (χ3v) is 9.76. The standard InChI is InChI=1S/C30H36O11/c1-14-19(33)12-29(37)15(2)22(14)23(39-16(3)31)25(35)28(5)20(34)11-21-30(13-38-21,41-17(4)32)24(28)26(29)40-27(36)18-9-7-6-8-10-18/h6-10,15,19-21,23-24,26,33-34,37H,11-13H2,1-5H3/t15?,19-,20-,21+,23+,24-,26-,28+,29-,30-/m0/s1. The van der Waals surface area contributed by atoms with Gasteiger partial charge in [-0.05, 0) is 37.1 Å². The molecule has 1 saturated heterocycles.